The van der Waals surface area contributed by atoms with Crippen LogP contribution in [0.3, 0.4) is 0 Å². The number of rotatable bonds is 8. The minimum Gasteiger partial charge on any atom is -0.496 e. The average molecular weight is 475 g/mol. The molecule has 0 radical (unpaired) electrons. The van der Waals surface area contributed by atoms with E-state index in [1.54, 1.807) is 21.3 Å². The molecular formula is C27H42O5Si. The maximum atomic E-state index is 13.4. The average Bonchev–Trinajstić information content (AvgIpc) is 2.82. The second-order valence-corrected chi connectivity index (χ2v) is 14.8. The zero-order chi connectivity index (χ0) is 24.6. The van der Waals surface area contributed by atoms with E-state index in [1.165, 1.54) is 0 Å². The van der Waals surface area contributed by atoms with Crippen molar-refractivity contribution in [2.24, 2.45) is 11.3 Å². The number of carbonyl (C=O) groups is 1. The molecule has 0 fully saturated rings. The molecule has 33 heavy (non-hydrogen) atoms. The van der Waals surface area contributed by atoms with Crippen molar-refractivity contribution in [2.45, 2.75) is 84.4 Å². The summed E-state index contributed by atoms with van der Waals surface area (Å²) in [5.74, 6) is 0.944. The van der Waals surface area contributed by atoms with Gasteiger partial charge in [0, 0.05) is 32.1 Å². The van der Waals surface area contributed by atoms with Gasteiger partial charge in [0.15, 0.2) is 14.1 Å². The Hall–Kier alpha value is -1.47. The van der Waals surface area contributed by atoms with Gasteiger partial charge < -0.3 is 18.6 Å². The van der Waals surface area contributed by atoms with Crippen LogP contribution in [0.1, 0.15) is 71.3 Å². The Balaban J connectivity index is 2.41. The number of methoxy groups -OCH3 is 3. The monoisotopic (exact) mass is 474 g/mol. The molecule has 1 aromatic rings. The minimum absolute atomic E-state index is 0.0225. The lowest BCUT2D eigenvalue weighted by Gasteiger charge is -2.52. The third-order valence-corrected chi connectivity index (χ3v) is 13.1. The summed E-state index contributed by atoms with van der Waals surface area (Å²) < 4.78 is 25.4. The normalized spacial score (nSPS) is 27.1. The maximum absolute atomic E-state index is 13.4. The topological polar surface area (TPSA) is 54.0 Å². The molecule has 0 unspecified atom stereocenters. The van der Waals surface area contributed by atoms with Crippen molar-refractivity contribution in [2.75, 3.05) is 21.3 Å². The molecule has 0 saturated heterocycles. The second-order valence-electron chi connectivity index (χ2n) is 10.1. The number of carbonyl (C=O) groups excluding carboxylic acids is 1. The van der Waals surface area contributed by atoms with E-state index in [-0.39, 0.29) is 35.4 Å². The van der Waals surface area contributed by atoms with Crippen LogP contribution >= 0.6 is 0 Å². The van der Waals surface area contributed by atoms with E-state index in [0.29, 0.717) is 6.42 Å². The zero-order valence-electron chi connectivity index (χ0n) is 21.9. The molecule has 0 N–H and O–H groups in total. The third kappa shape index (κ3) is 4.24. The quantitative estimate of drug-likeness (QED) is 0.408. The van der Waals surface area contributed by atoms with E-state index in [1.807, 2.05) is 19.1 Å². The van der Waals surface area contributed by atoms with E-state index in [9.17, 15) is 4.79 Å². The third-order valence-electron chi connectivity index (χ3n) is 8.50. The molecule has 2 bridgehead atoms. The standard InChI is InChI=1S/C27H42O5Si/c1-10-33(11-2,12-3)32-25-19-16-20(28)17(4)23(27(19,5)6)26(31-9)24(30-8)18-14-13-15-21(29-7)22(18)25/h13-15,19,24-26H,10-12,16H2,1-9H3/t19-,24+,25-,26-/m1/s1. The van der Waals surface area contributed by atoms with Crippen molar-refractivity contribution in [1.82, 2.24) is 0 Å². The Morgan fingerprint density at radius 3 is 2.09 bits per heavy atom. The predicted octanol–water partition coefficient (Wildman–Crippen LogP) is 6.41. The van der Waals surface area contributed by atoms with E-state index in [0.717, 1.165) is 46.2 Å². The first-order chi connectivity index (χ1) is 15.7. The highest BCUT2D eigenvalue weighted by atomic mass is 28.4. The molecule has 0 aromatic heterocycles. The van der Waals surface area contributed by atoms with E-state index in [4.69, 9.17) is 18.6 Å². The fraction of sp³-hybridized carbons (Fsp3) is 0.667. The van der Waals surface area contributed by atoms with Crippen LogP contribution in [0.15, 0.2) is 29.3 Å². The van der Waals surface area contributed by atoms with Gasteiger partial charge >= 0.3 is 0 Å². The van der Waals surface area contributed by atoms with Crippen LogP contribution in [0.4, 0.5) is 0 Å². The smallest absolute Gasteiger partial charge is 0.192 e. The van der Waals surface area contributed by atoms with Gasteiger partial charge in [-0.2, -0.15) is 0 Å². The highest BCUT2D eigenvalue weighted by Gasteiger charge is 2.53. The zero-order valence-corrected chi connectivity index (χ0v) is 22.9. The van der Waals surface area contributed by atoms with Gasteiger partial charge in [-0.05, 0) is 53.2 Å². The van der Waals surface area contributed by atoms with Gasteiger partial charge in [-0.3, -0.25) is 4.79 Å². The van der Waals surface area contributed by atoms with Crippen molar-refractivity contribution in [3.63, 3.8) is 0 Å². The summed E-state index contributed by atoms with van der Waals surface area (Å²) in [6, 6.07) is 9.23. The number of Topliss-reactive ketones (excluding diaryl/α,β-unsaturated/α-hetero) is 1. The van der Waals surface area contributed by atoms with Crippen LogP contribution in [0.5, 0.6) is 5.75 Å². The molecule has 0 aliphatic heterocycles. The number of ether oxygens (including phenoxy) is 3. The first kappa shape index (κ1) is 26.1. The molecule has 1 aromatic carbocycles. The van der Waals surface area contributed by atoms with Crippen LogP contribution in [-0.4, -0.2) is 41.5 Å². The maximum Gasteiger partial charge on any atom is 0.192 e. The van der Waals surface area contributed by atoms with Gasteiger partial charge in [-0.25, -0.2) is 0 Å². The molecule has 0 heterocycles. The van der Waals surface area contributed by atoms with Gasteiger partial charge in [0.25, 0.3) is 0 Å². The van der Waals surface area contributed by atoms with Crippen molar-refractivity contribution < 1.29 is 23.4 Å². The first-order valence-corrected chi connectivity index (χ1v) is 14.8. The molecule has 0 amide bonds. The molecule has 6 heteroatoms. The molecule has 2 aliphatic carbocycles. The van der Waals surface area contributed by atoms with Crippen LogP contribution in [-0.2, 0) is 18.7 Å². The minimum atomic E-state index is -2.02. The molecule has 184 valence electrons. The van der Waals surface area contributed by atoms with Crippen LogP contribution in [0.25, 0.3) is 0 Å². The molecule has 3 rings (SSSR count). The number of hydrogen-bond acceptors (Lipinski definition) is 5. The van der Waals surface area contributed by atoms with E-state index >= 15 is 0 Å². The molecule has 0 spiro atoms. The lowest BCUT2D eigenvalue weighted by molar-refractivity contribution is -0.122. The van der Waals surface area contributed by atoms with Gasteiger partial charge in [-0.15, -0.1) is 0 Å². The lowest BCUT2D eigenvalue weighted by Crippen LogP contribution is -2.49. The Labute approximate surface area is 201 Å². The van der Waals surface area contributed by atoms with Gasteiger partial charge in [0.1, 0.15) is 18.0 Å². The number of benzene rings is 1. The predicted molar refractivity (Wildman–Crippen MR) is 134 cm³/mol. The highest BCUT2D eigenvalue weighted by molar-refractivity contribution is 6.73. The van der Waals surface area contributed by atoms with Crippen LogP contribution in [0, 0.1) is 11.3 Å². The number of fused-ring (bicyclic) bond motifs is 3. The highest BCUT2D eigenvalue weighted by Crippen LogP contribution is 2.58. The van der Waals surface area contributed by atoms with E-state index in [2.05, 4.69) is 40.7 Å². The van der Waals surface area contributed by atoms with Gasteiger partial charge in [0.2, 0.25) is 0 Å². The molecule has 0 saturated carbocycles. The SMILES string of the molecule is CC[Si](CC)(CC)O[C@H]1c2c(OC)cccc2[C@H](OC)[C@H](OC)C2=C(C)C(=O)C[C@H]1C2(C)C. The Morgan fingerprint density at radius 2 is 1.58 bits per heavy atom. The molecular weight excluding hydrogens is 432 g/mol. The fourth-order valence-electron chi connectivity index (χ4n) is 6.22. The first-order valence-electron chi connectivity index (χ1n) is 12.3. The second kappa shape index (κ2) is 10.0. The summed E-state index contributed by atoms with van der Waals surface area (Å²) in [6.45, 7) is 13.2. The van der Waals surface area contributed by atoms with Crippen molar-refractivity contribution in [3.8, 4) is 5.75 Å². The van der Waals surface area contributed by atoms with Crippen molar-refractivity contribution in [1.29, 1.82) is 0 Å². The summed E-state index contributed by atoms with van der Waals surface area (Å²) >= 11 is 0. The fourth-order valence-corrected chi connectivity index (χ4v) is 9.04. The van der Waals surface area contributed by atoms with Crippen molar-refractivity contribution >= 4 is 14.1 Å². The Bertz CT molecular complexity index is 894. The largest absolute Gasteiger partial charge is 0.496 e. The summed E-state index contributed by atoms with van der Waals surface area (Å²) in [6.07, 6.45) is -0.530. The summed E-state index contributed by atoms with van der Waals surface area (Å²) in [4.78, 5) is 13.4. The number of allylic oxidation sites excluding steroid dienone is 1. The molecule has 5 nitrogen and oxygen atoms in total. The van der Waals surface area contributed by atoms with E-state index < -0.39 is 8.32 Å². The molecule has 4 atom stereocenters. The number of hydrogen-bond donors (Lipinski definition) is 0. The lowest BCUT2D eigenvalue weighted by atomic mass is 9.58. The number of ketones is 1. The summed E-state index contributed by atoms with van der Waals surface area (Å²) in [7, 11) is 3.11. The van der Waals surface area contributed by atoms with Crippen LogP contribution < -0.4 is 4.74 Å². The Kier molecular flexibility index (Phi) is 7.94. The molecule has 2 aliphatic rings. The van der Waals surface area contributed by atoms with Crippen molar-refractivity contribution in [3.05, 3.63) is 40.5 Å². The Morgan fingerprint density at radius 1 is 0.970 bits per heavy atom. The van der Waals surface area contributed by atoms with Gasteiger partial charge in [-0.1, -0.05) is 46.8 Å². The van der Waals surface area contributed by atoms with Crippen LogP contribution in [0.2, 0.25) is 18.1 Å². The summed E-state index contributed by atoms with van der Waals surface area (Å²) in [5.41, 5.74) is 3.58. The van der Waals surface area contributed by atoms with Gasteiger partial charge in [0.05, 0.1) is 13.2 Å². The summed E-state index contributed by atoms with van der Waals surface area (Å²) in [5, 5.41) is 0.